The molecule has 0 bridgehead atoms. The van der Waals surface area contributed by atoms with E-state index in [4.69, 9.17) is 22.4 Å². The molecule has 0 aliphatic carbocycles. The highest BCUT2D eigenvalue weighted by Gasteiger charge is 2.20. The Bertz CT molecular complexity index is 400. The molecule has 6 heteroatoms. The van der Waals surface area contributed by atoms with Crippen LogP contribution in [-0.2, 0) is 4.79 Å². The van der Waals surface area contributed by atoms with Crippen LogP contribution in [-0.4, -0.2) is 30.7 Å². The van der Waals surface area contributed by atoms with Crippen LogP contribution in [0.4, 0.5) is 10.1 Å². The topological polar surface area (TPSA) is 66.6 Å². The standard InChI is InChI=1S/C10H12ClFN2O2/c1-14(10(16)8(13)5-15)9-4-6(11)2-3-7(9)12/h2-4,8,15H,5,13H2,1H3. The van der Waals surface area contributed by atoms with E-state index in [0.717, 1.165) is 11.0 Å². The van der Waals surface area contributed by atoms with Gasteiger partial charge in [0.25, 0.3) is 0 Å². The zero-order valence-electron chi connectivity index (χ0n) is 8.65. The van der Waals surface area contributed by atoms with Gasteiger partial charge in [-0.2, -0.15) is 0 Å². The van der Waals surface area contributed by atoms with Gasteiger partial charge in [-0.3, -0.25) is 4.79 Å². The molecule has 0 aliphatic heterocycles. The van der Waals surface area contributed by atoms with E-state index in [1.54, 1.807) is 0 Å². The second kappa shape index (κ2) is 5.25. The van der Waals surface area contributed by atoms with E-state index in [9.17, 15) is 9.18 Å². The lowest BCUT2D eigenvalue weighted by molar-refractivity contribution is -0.120. The van der Waals surface area contributed by atoms with Crippen molar-refractivity contribution in [2.45, 2.75) is 6.04 Å². The smallest absolute Gasteiger partial charge is 0.246 e. The number of benzene rings is 1. The minimum atomic E-state index is -1.07. The summed E-state index contributed by atoms with van der Waals surface area (Å²) in [5.74, 6) is -1.16. The molecule has 4 nitrogen and oxygen atoms in total. The largest absolute Gasteiger partial charge is 0.394 e. The van der Waals surface area contributed by atoms with Gasteiger partial charge in [0.15, 0.2) is 0 Å². The van der Waals surface area contributed by atoms with Crippen molar-refractivity contribution >= 4 is 23.2 Å². The molecule has 0 heterocycles. The monoisotopic (exact) mass is 246 g/mol. The van der Waals surface area contributed by atoms with Crippen molar-refractivity contribution in [3.05, 3.63) is 29.0 Å². The van der Waals surface area contributed by atoms with Crippen LogP contribution >= 0.6 is 11.6 Å². The molecule has 16 heavy (non-hydrogen) atoms. The number of hydrogen-bond donors (Lipinski definition) is 2. The van der Waals surface area contributed by atoms with Crippen LogP contribution in [0.15, 0.2) is 18.2 Å². The van der Waals surface area contributed by atoms with E-state index >= 15 is 0 Å². The van der Waals surface area contributed by atoms with Gasteiger partial charge in [-0.15, -0.1) is 0 Å². The van der Waals surface area contributed by atoms with Gasteiger partial charge in [-0.25, -0.2) is 4.39 Å². The number of carbonyl (C=O) groups excluding carboxylic acids is 1. The Morgan fingerprint density at radius 3 is 2.88 bits per heavy atom. The van der Waals surface area contributed by atoms with Gasteiger partial charge in [0.05, 0.1) is 12.3 Å². The lowest BCUT2D eigenvalue weighted by Crippen LogP contribution is -2.44. The number of aliphatic hydroxyl groups excluding tert-OH is 1. The Balaban J connectivity index is 3.00. The van der Waals surface area contributed by atoms with Crippen LogP contribution in [0.1, 0.15) is 0 Å². The first kappa shape index (κ1) is 12.9. The van der Waals surface area contributed by atoms with E-state index in [-0.39, 0.29) is 5.69 Å². The lowest BCUT2D eigenvalue weighted by atomic mass is 10.2. The number of likely N-dealkylation sites (N-methyl/N-ethyl adjacent to an activating group) is 1. The van der Waals surface area contributed by atoms with Crippen LogP contribution < -0.4 is 10.6 Å². The van der Waals surface area contributed by atoms with Gasteiger partial charge in [0.2, 0.25) is 5.91 Å². The predicted molar refractivity (Wildman–Crippen MR) is 59.9 cm³/mol. The molecule has 0 spiro atoms. The SMILES string of the molecule is CN(C(=O)C(N)CO)c1cc(Cl)ccc1F. The normalized spacial score (nSPS) is 12.3. The molecule has 0 aromatic heterocycles. The molecule has 1 unspecified atom stereocenters. The van der Waals surface area contributed by atoms with Gasteiger partial charge < -0.3 is 15.7 Å². The van der Waals surface area contributed by atoms with E-state index < -0.39 is 24.4 Å². The van der Waals surface area contributed by atoms with Crippen LogP contribution in [0, 0.1) is 5.82 Å². The van der Waals surface area contributed by atoms with Gasteiger partial charge >= 0.3 is 0 Å². The number of anilines is 1. The summed E-state index contributed by atoms with van der Waals surface area (Å²) in [6.45, 7) is -0.495. The molecule has 0 saturated heterocycles. The molecule has 0 fully saturated rings. The summed E-state index contributed by atoms with van der Waals surface area (Å²) in [5, 5.41) is 9.05. The van der Waals surface area contributed by atoms with Crippen molar-refractivity contribution in [3.8, 4) is 0 Å². The number of nitrogens with two attached hydrogens (primary N) is 1. The molecule has 3 N–H and O–H groups in total. The molecule has 1 amide bonds. The maximum atomic E-state index is 13.4. The first-order chi connectivity index (χ1) is 7.47. The van der Waals surface area contributed by atoms with Crippen molar-refractivity contribution in [2.24, 2.45) is 5.73 Å². The Morgan fingerprint density at radius 1 is 1.69 bits per heavy atom. The number of carbonyl (C=O) groups is 1. The van der Waals surface area contributed by atoms with E-state index in [2.05, 4.69) is 0 Å². The van der Waals surface area contributed by atoms with Gasteiger partial charge in [0.1, 0.15) is 11.9 Å². The minimum Gasteiger partial charge on any atom is -0.394 e. The first-order valence-electron chi connectivity index (χ1n) is 4.56. The highest BCUT2D eigenvalue weighted by molar-refractivity contribution is 6.30. The zero-order chi connectivity index (χ0) is 12.3. The predicted octanol–water partition coefficient (Wildman–Crippen LogP) is 0.762. The minimum absolute atomic E-state index is 0.0291. The second-order valence-corrected chi connectivity index (χ2v) is 3.72. The molecule has 0 aliphatic rings. The number of hydrogen-bond acceptors (Lipinski definition) is 3. The van der Waals surface area contributed by atoms with Gasteiger partial charge in [-0.1, -0.05) is 11.6 Å². The fourth-order valence-corrected chi connectivity index (χ4v) is 1.35. The van der Waals surface area contributed by atoms with E-state index in [1.807, 2.05) is 0 Å². The molecular formula is C10H12ClFN2O2. The Kier molecular flexibility index (Phi) is 4.23. The summed E-state index contributed by atoms with van der Waals surface area (Å²) in [4.78, 5) is 12.6. The van der Waals surface area contributed by atoms with Crippen LogP contribution in [0.3, 0.4) is 0 Å². The van der Waals surface area contributed by atoms with Crippen molar-refractivity contribution in [2.75, 3.05) is 18.6 Å². The summed E-state index contributed by atoms with van der Waals surface area (Å²) < 4.78 is 13.4. The quantitative estimate of drug-likeness (QED) is 0.828. The maximum absolute atomic E-state index is 13.4. The first-order valence-corrected chi connectivity index (χ1v) is 4.94. The molecule has 0 saturated carbocycles. The molecule has 0 radical (unpaired) electrons. The fourth-order valence-electron chi connectivity index (χ4n) is 1.19. The number of nitrogens with zero attached hydrogens (tertiary/aromatic N) is 1. The summed E-state index contributed by atoms with van der Waals surface area (Å²) in [6, 6.07) is 2.79. The molecule has 88 valence electrons. The average molecular weight is 247 g/mol. The molecule has 1 rings (SSSR count). The summed E-state index contributed by atoms with van der Waals surface area (Å²) >= 11 is 5.69. The highest BCUT2D eigenvalue weighted by atomic mass is 35.5. The summed E-state index contributed by atoms with van der Waals surface area (Å²) in [6.07, 6.45) is 0. The number of aliphatic hydroxyl groups is 1. The third kappa shape index (κ3) is 2.69. The number of amides is 1. The highest BCUT2D eigenvalue weighted by Crippen LogP contribution is 2.22. The zero-order valence-corrected chi connectivity index (χ0v) is 9.41. The molecular weight excluding hydrogens is 235 g/mol. The fraction of sp³-hybridized carbons (Fsp3) is 0.300. The van der Waals surface area contributed by atoms with Crippen molar-refractivity contribution in [3.63, 3.8) is 0 Å². The molecule has 1 aromatic rings. The Morgan fingerprint density at radius 2 is 2.31 bits per heavy atom. The van der Waals surface area contributed by atoms with Gasteiger partial charge in [-0.05, 0) is 18.2 Å². The third-order valence-electron chi connectivity index (χ3n) is 2.11. The number of halogens is 2. The van der Waals surface area contributed by atoms with Crippen molar-refractivity contribution < 1.29 is 14.3 Å². The van der Waals surface area contributed by atoms with Gasteiger partial charge in [0, 0.05) is 12.1 Å². The number of rotatable bonds is 3. The maximum Gasteiger partial charge on any atom is 0.246 e. The van der Waals surface area contributed by atoms with Crippen molar-refractivity contribution in [1.29, 1.82) is 0 Å². The van der Waals surface area contributed by atoms with Crippen LogP contribution in [0.5, 0.6) is 0 Å². The van der Waals surface area contributed by atoms with Crippen LogP contribution in [0.25, 0.3) is 0 Å². The van der Waals surface area contributed by atoms with E-state index in [0.29, 0.717) is 5.02 Å². The van der Waals surface area contributed by atoms with Crippen LogP contribution in [0.2, 0.25) is 5.02 Å². The Hall–Kier alpha value is -1.17. The van der Waals surface area contributed by atoms with E-state index in [1.165, 1.54) is 19.2 Å². The Labute approximate surface area is 97.4 Å². The third-order valence-corrected chi connectivity index (χ3v) is 2.35. The van der Waals surface area contributed by atoms with Crippen molar-refractivity contribution in [1.82, 2.24) is 0 Å². The average Bonchev–Trinajstić information content (AvgIpc) is 2.29. The summed E-state index contributed by atoms with van der Waals surface area (Å²) in [5.41, 5.74) is 5.38. The molecule has 1 atom stereocenters. The summed E-state index contributed by atoms with van der Waals surface area (Å²) in [7, 11) is 1.37. The lowest BCUT2D eigenvalue weighted by Gasteiger charge is -2.20. The molecule has 1 aromatic carbocycles. The second-order valence-electron chi connectivity index (χ2n) is 3.28.